The first-order valence-electron chi connectivity index (χ1n) is 4.76. The van der Waals surface area contributed by atoms with Crippen LogP contribution in [0.2, 0.25) is 0 Å². The smallest absolute Gasteiger partial charge is 0.134 e. The first-order chi connectivity index (χ1) is 7.22. The van der Waals surface area contributed by atoms with Gasteiger partial charge in [0.15, 0.2) is 0 Å². The molecule has 0 fully saturated rings. The van der Waals surface area contributed by atoms with E-state index < -0.39 is 0 Å². The molecule has 0 aliphatic rings. The molecule has 5 heteroatoms. The fraction of sp³-hybridized carbons (Fsp3) is 0.400. The van der Waals surface area contributed by atoms with Crippen molar-refractivity contribution in [2.75, 3.05) is 0 Å². The molecule has 0 radical (unpaired) electrons. The molecule has 0 saturated heterocycles. The van der Waals surface area contributed by atoms with Crippen LogP contribution in [0, 0.1) is 0 Å². The van der Waals surface area contributed by atoms with Crippen LogP contribution in [0.4, 0.5) is 0 Å². The highest BCUT2D eigenvalue weighted by Gasteiger charge is 2.10. The maximum absolute atomic E-state index is 4.50. The van der Waals surface area contributed by atoms with Gasteiger partial charge in [-0.15, -0.1) is 5.10 Å². The van der Waals surface area contributed by atoms with E-state index in [1.54, 1.807) is 6.20 Å². The predicted molar refractivity (Wildman–Crippen MR) is 66.9 cm³/mol. The summed E-state index contributed by atoms with van der Waals surface area (Å²) in [6.07, 6.45) is 1.66. The molecule has 15 heavy (non-hydrogen) atoms. The van der Waals surface area contributed by atoms with Crippen LogP contribution in [0.5, 0.6) is 0 Å². The Bertz CT molecular complexity index is 484. The molecule has 78 valence electrons. The van der Waals surface area contributed by atoms with Crippen molar-refractivity contribution in [1.82, 2.24) is 20.2 Å². The Balaban J connectivity index is 2.71. The Labute approximate surface area is 102 Å². The minimum atomic E-state index is 0.337. The van der Waals surface area contributed by atoms with Gasteiger partial charge in [-0.2, -0.15) is 5.10 Å². The molecule has 0 unspecified atom stereocenters. The highest BCUT2D eigenvalue weighted by atomic mass is 127. The summed E-state index contributed by atoms with van der Waals surface area (Å²) >= 11 is 2.28. The third-order valence-electron chi connectivity index (χ3n) is 2.10. The van der Waals surface area contributed by atoms with Crippen molar-refractivity contribution in [3.05, 3.63) is 23.8 Å². The number of alkyl halides is 1. The van der Waals surface area contributed by atoms with Crippen LogP contribution in [-0.2, 0) is 4.43 Å². The fourth-order valence-corrected chi connectivity index (χ4v) is 1.84. The van der Waals surface area contributed by atoms with Crippen molar-refractivity contribution in [3.63, 3.8) is 0 Å². The van der Waals surface area contributed by atoms with Crippen molar-refractivity contribution in [2.45, 2.75) is 24.2 Å². The van der Waals surface area contributed by atoms with Crippen molar-refractivity contribution < 1.29 is 0 Å². The quantitative estimate of drug-likeness (QED) is 0.631. The van der Waals surface area contributed by atoms with E-state index in [0.29, 0.717) is 5.92 Å². The van der Waals surface area contributed by atoms with Crippen LogP contribution >= 0.6 is 22.6 Å². The Morgan fingerprint density at radius 3 is 2.80 bits per heavy atom. The van der Waals surface area contributed by atoms with E-state index in [1.165, 1.54) is 0 Å². The molecule has 0 spiro atoms. The summed E-state index contributed by atoms with van der Waals surface area (Å²) in [6.45, 7) is 4.18. The minimum Gasteiger partial charge on any atom is -0.234 e. The molecule has 2 aromatic rings. The zero-order valence-corrected chi connectivity index (χ0v) is 10.8. The van der Waals surface area contributed by atoms with E-state index in [2.05, 4.69) is 56.6 Å². The van der Waals surface area contributed by atoms with Crippen LogP contribution in [-0.4, -0.2) is 20.2 Å². The summed E-state index contributed by atoms with van der Waals surface area (Å²) in [5.41, 5.74) is 2.67. The molecule has 0 N–H and O–H groups in total. The minimum absolute atomic E-state index is 0.337. The van der Waals surface area contributed by atoms with E-state index in [-0.39, 0.29) is 0 Å². The molecule has 0 saturated carbocycles. The summed E-state index contributed by atoms with van der Waals surface area (Å²) in [7, 11) is 0. The predicted octanol–water partition coefficient (Wildman–Crippen LogP) is 2.48. The lowest BCUT2D eigenvalue weighted by molar-refractivity contribution is 0.773. The number of aromatic nitrogens is 4. The van der Waals surface area contributed by atoms with Gasteiger partial charge in [0.25, 0.3) is 0 Å². The average Bonchev–Trinajstić information content (AvgIpc) is 2.27. The highest BCUT2D eigenvalue weighted by molar-refractivity contribution is 14.1. The number of hydrogen-bond donors (Lipinski definition) is 0. The molecule has 0 amide bonds. The number of fused-ring (bicyclic) bond motifs is 1. The van der Waals surface area contributed by atoms with Gasteiger partial charge in [-0.25, -0.2) is 9.97 Å². The highest BCUT2D eigenvalue weighted by Crippen LogP contribution is 2.18. The van der Waals surface area contributed by atoms with Gasteiger partial charge in [0, 0.05) is 10.3 Å². The van der Waals surface area contributed by atoms with E-state index in [0.717, 1.165) is 27.0 Å². The maximum atomic E-state index is 4.50. The first-order valence-corrected chi connectivity index (χ1v) is 6.29. The maximum Gasteiger partial charge on any atom is 0.134 e. The lowest BCUT2D eigenvalue weighted by Gasteiger charge is -2.07. The SMILES string of the molecule is CC(C)c1nc(CI)c2nnccc2n1. The second-order valence-corrected chi connectivity index (χ2v) is 4.34. The lowest BCUT2D eigenvalue weighted by Crippen LogP contribution is -2.03. The molecule has 0 aliphatic heterocycles. The Morgan fingerprint density at radius 2 is 2.13 bits per heavy atom. The monoisotopic (exact) mass is 314 g/mol. The second kappa shape index (κ2) is 4.34. The van der Waals surface area contributed by atoms with Crippen molar-refractivity contribution in [1.29, 1.82) is 0 Å². The summed E-state index contributed by atoms with van der Waals surface area (Å²) in [5, 5.41) is 7.94. The summed E-state index contributed by atoms with van der Waals surface area (Å²) in [4.78, 5) is 8.96. The molecule has 2 rings (SSSR count). The van der Waals surface area contributed by atoms with Gasteiger partial charge in [-0.1, -0.05) is 36.4 Å². The van der Waals surface area contributed by atoms with Gasteiger partial charge in [-0.3, -0.25) is 0 Å². The zero-order chi connectivity index (χ0) is 10.8. The second-order valence-electron chi connectivity index (χ2n) is 3.58. The molecule has 2 aromatic heterocycles. The largest absolute Gasteiger partial charge is 0.234 e. The molecular formula is C10H11IN4. The normalized spacial score (nSPS) is 11.2. The van der Waals surface area contributed by atoms with Gasteiger partial charge < -0.3 is 0 Å². The standard InChI is InChI=1S/C10H11IN4/c1-6(2)10-13-7-3-4-12-15-9(7)8(5-11)14-10/h3-4,6H,5H2,1-2H3. The number of nitrogens with zero attached hydrogens (tertiary/aromatic N) is 4. The van der Waals surface area contributed by atoms with Gasteiger partial charge in [-0.05, 0) is 6.07 Å². The summed E-state index contributed by atoms with van der Waals surface area (Å²) in [5.74, 6) is 1.21. The van der Waals surface area contributed by atoms with Gasteiger partial charge in [0.05, 0.1) is 17.4 Å². The van der Waals surface area contributed by atoms with Crippen LogP contribution < -0.4 is 0 Å². The van der Waals surface area contributed by atoms with Crippen LogP contribution in [0.15, 0.2) is 12.3 Å². The molecule has 0 bridgehead atoms. The van der Waals surface area contributed by atoms with E-state index >= 15 is 0 Å². The van der Waals surface area contributed by atoms with Crippen molar-refractivity contribution >= 4 is 33.6 Å². The Morgan fingerprint density at radius 1 is 1.33 bits per heavy atom. The van der Waals surface area contributed by atoms with Crippen molar-refractivity contribution in [3.8, 4) is 0 Å². The first kappa shape index (κ1) is 10.7. The third-order valence-corrected chi connectivity index (χ3v) is 2.82. The average molecular weight is 314 g/mol. The van der Waals surface area contributed by atoms with E-state index in [1.807, 2.05) is 6.07 Å². The van der Waals surface area contributed by atoms with Crippen LogP contribution in [0.3, 0.4) is 0 Å². The van der Waals surface area contributed by atoms with Crippen LogP contribution in [0.1, 0.15) is 31.3 Å². The van der Waals surface area contributed by atoms with E-state index in [4.69, 9.17) is 0 Å². The molecule has 2 heterocycles. The lowest BCUT2D eigenvalue weighted by atomic mass is 10.2. The summed E-state index contributed by atoms with van der Waals surface area (Å²) < 4.78 is 0.829. The third kappa shape index (κ3) is 2.06. The van der Waals surface area contributed by atoms with Crippen LogP contribution in [0.25, 0.3) is 11.0 Å². The van der Waals surface area contributed by atoms with Gasteiger partial charge in [0.1, 0.15) is 11.3 Å². The molecule has 0 aliphatic carbocycles. The van der Waals surface area contributed by atoms with Gasteiger partial charge >= 0.3 is 0 Å². The molecule has 4 nitrogen and oxygen atoms in total. The Kier molecular flexibility index (Phi) is 3.08. The zero-order valence-electron chi connectivity index (χ0n) is 8.61. The number of rotatable bonds is 2. The number of halogens is 1. The summed E-state index contributed by atoms with van der Waals surface area (Å²) in [6, 6.07) is 1.88. The molecule has 0 atom stereocenters. The van der Waals surface area contributed by atoms with Gasteiger partial charge in [0.2, 0.25) is 0 Å². The Hall–Kier alpha value is -0.850. The fourth-order valence-electron chi connectivity index (χ4n) is 1.31. The number of hydrogen-bond acceptors (Lipinski definition) is 4. The molecular weight excluding hydrogens is 303 g/mol. The topological polar surface area (TPSA) is 51.6 Å². The molecule has 0 aromatic carbocycles. The van der Waals surface area contributed by atoms with E-state index in [9.17, 15) is 0 Å². The van der Waals surface area contributed by atoms with Crippen molar-refractivity contribution in [2.24, 2.45) is 0 Å².